The summed E-state index contributed by atoms with van der Waals surface area (Å²) < 4.78 is 2.38. The van der Waals surface area contributed by atoms with Crippen molar-refractivity contribution >= 4 is 0 Å². The summed E-state index contributed by atoms with van der Waals surface area (Å²) in [6, 6.07) is 0.640. The molecular formula is C15H26N4. The third-order valence-electron chi connectivity index (χ3n) is 5.18. The Hall–Kier alpha value is -0.900. The Morgan fingerprint density at radius 2 is 2.00 bits per heavy atom. The van der Waals surface area contributed by atoms with Gasteiger partial charge in [0.05, 0.1) is 0 Å². The molecule has 3 rings (SSSR count). The number of aromatic nitrogens is 3. The van der Waals surface area contributed by atoms with E-state index in [0.29, 0.717) is 12.0 Å². The summed E-state index contributed by atoms with van der Waals surface area (Å²) in [6.07, 6.45) is 9.85. The van der Waals surface area contributed by atoms with Gasteiger partial charge in [-0.2, -0.15) is 0 Å². The molecule has 0 bridgehead atoms. The van der Waals surface area contributed by atoms with Gasteiger partial charge >= 0.3 is 0 Å². The van der Waals surface area contributed by atoms with Crippen LogP contribution >= 0.6 is 0 Å². The maximum absolute atomic E-state index is 4.49. The third kappa shape index (κ3) is 2.42. The average molecular weight is 262 g/mol. The summed E-state index contributed by atoms with van der Waals surface area (Å²) in [5.74, 6) is 1.87. The molecule has 2 heterocycles. The van der Waals surface area contributed by atoms with Crippen LogP contribution in [0.3, 0.4) is 0 Å². The Kier molecular flexibility index (Phi) is 3.61. The molecule has 1 aromatic heterocycles. The van der Waals surface area contributed by atoms with Crippen molar-refractivity contribution in [1.82, 2.24) is 20.1 Å². The lowest BCUT2D eigenvalue weighted by molar-refractivity contribution is 0.231. The van der Waals surface area contributed by atoms with Gasteiger partial charge in [0.25, 0.3) is 0 Å². The van der Waals surface area contributed by atoms with E-state index in [1.165, 1.54) is 50.9 Å². The molecule has 4 nitrogen and oxygen atoms in total. The van der Waals surface area contributed by atoms with Crippen LogP contribution in [0, 0.1) is 5.92 Å². The quantitative estimate of drug-likeness (QED) is 0.910. The number of nitrogens with zero attached hydrogens (tertiary/aromatic N) is 3. The second-order valence-corrected chi connectivity index (χ2v) is 6.77. The van der Waals surface area contributed by atoms with E-state index in [1.54, 1.807) is 0 Å². The van der Waals surface area contributed by atoms with Crippen LogP contribution in [-0.4, -0.2) is 27.9 Å². The van der Waals surface area contributed by atoms with Crippen LogP contribution in [0.15, 0.2) is 6.33 Å². The molecule has 106 valence electrons. The first kappa shape index (κ1) is 13.1. The molecule has 19 heavy (non-hydrogen) atoms. The molecule has 1 unspecified atom stereocenters. The van der Waals surface area contributed by atoms with E-state index in [-0.39, 0.29) is 5.41 Å². The smallest absolute Gasteiger partial charge is 0.139 e. The van der Waals surface area contributed by atoms with Gasteiger partial charge in [-0.3, -0.25) is 0 Å². The maximum Gasteiger partial charge on any atom is 0.139 e. The molecular weight excluding hydrogens is 236 g/mol. The molecule has 1 N–H and O–H groups in total. The second-order valence-electron chi connectivity index (χ2n) is 6.77. The second kappa shape index (κ2) is 5.23. The fourth-order valence-corrected chi connectivity index (χ4v) is 3.80. The van der Waals surface area contributed by atoms with Crippen molar-refractivity contribution in [2.24, 2.45) is 5.92 Å². The van der Waals surface area contributed by atoms with Gasteiger partial charge in [0.2, 0.25) is 0 Å². The average Bonchev–Trinajstić information content (AvgIpc) is 3.10. The monoisotopic (exact) mass is 262 g/mol. The van der Waals surface area contributed by atoms with Gasteiger partial charge in [-0.05, 0) is 44.7 Å². The lowest BCUT2D eigenvalue weighted by atomic mass is 9.74. The molecule has 0 spiro atoms. The Labute approximate surface area is 116 Å². The first-order valence-corrected chi connectivity index (χ1v) is 7.80. The standard InChI is InChI=1S/C15H26N4/c1-15(2,12-6-5-9-16-10-12)14-18-17-11-19(14)13-7-3-4-8-13/h11-13,16H,3-10H2,1-2H3. The van der Waals surface area contributed by atoms with Crippen LogP contribution in [0.25, 0.3) is 0 Å². The van der Waals surface area contributed by atoms with E-state index >= 15 is 0 Å². The minimum absolute atomic E-state index is 0.118. The number of nitrogens with one attached hydrogen (secondary N) is 1. The summed E-state index contributed by atoms with van der Waals surface area (Å²) >= 11 is 0. The van der Waals surface area contributed by atoms with Crippen molar-refractivity contribution < 1.29 is 0 Å². The van der Waals surface area contributed by atoms with Crippen LogP contribution < -0.4 is 5.32 Å². The zero-order chi connectivity index (χ0) is 13.3. The first-order valence-electron chi connectivity index (χ1n) is 7.80. The van der Waals surface area contributed by atoms with E-state index in [1.807, 2.05) is 6.33 Å². The van der Waals surface area contributed by atoms with Crippen LogP contribution in [0.5, 0.6) is 0 Å². The molecule has 0 radical (unpaired) electrons. The van der Waals surface area contributed by atoms with Crippen molar-refractivity contribution in [2.45, 2.75) is 63.8 Å². The van der Waals surface area contributed by atoms with Crippen molar-refractivity contribution in [3.8, 4) is 0 Å². The topological polar surface area (TPSA) is 42.7 Å². The molecule has 1 aliphatic heterocycles. The molecule has 2 fully saturated rings. The molecule has 1 atom stereocenters. The van der Waals surface area contributed by atoms with Crippen molar-refractivity contribution in [1.29, 1.82) is 0 Å². The molecule has 1 aromatic rings. The lowest BCUT2D eigenvalue weighted by Gasteiger charge is -2.37. The van der Waals surface area contributed by atoms with E-state index < -0.39 is 0 Å². The van der Waals surface area contributed by atoms with Gasteiger partial charge in [-0.15, -0.1) is 10.2 Å². The Bertz CT molecular complexity index is 412. The molecule has 1 saturated carbocycles. The fraction of sp³-hybridized carbons (Fsp3) is 0.867. The normalized spacial score (nSPS) is 25.9. The molecule has 1 aliphatic carbocycles. The van der Waals surface area contributed by atoms with Crippen LogP contribution in [0.2, 0.25) is 0 Å². The van der Waals surface area contributed by atoms with E-state index in [9.17, 15) is 0 Å². The fourth-order valence-electron chi connectivity index (χ4n) is 3.80. The number of hydrogen-bond acceptors (Lipinski definition) is 3. The summed E-state index contributed by atoms with van der Waals surface area (Å²) in [5.41, 5.74) is 0.118. The van der Waals surface area contributed by atoms with Crippen LogP contribution in [-0.2, 0) is 5.41 Å². The molecule has 2 aliphatic rings. The lowest BCUT2D eigenvalue weighted by Crippen LogP contribution is -2.42. The molecule has 0 amide bonds. The number of rotatable bonds is 3. The minimum atomic E-state index is 0.118. The first-order chi connectivity index (χ1) is 9.19. The van der Waals surface area contributed by atoms with Gasteiger partial charge in [0.15, 0.2) is 0 Å². The maximum atomic E-state index is 4.49. The summed E-state index contributed by atoms with van der Waals surface area (Å²) in [5, 5.41) is 12.2. The summed E-state index contributed by atoms with van der Waals surface area (Å²) in [4.78, 5) is 0. The predicted molar refractivity (Wildman–Crippen MR) is 76.1 cm³/mol. The number of piperidine rings is 1. The molecule has 4 heteroatoms. The van der Waals surface area contributed by atoms with Gasteiger partial charge in [-0.25, -0.2) is 0 Å². The van der Waals surface area contributed by atoms with E-state index in [4.69, 9.17) is 0 Å². The summed E-state index contributed by atoms with van der Waals surface area (Å²) in [7, 11) is 0. The zero-order valence-electron chi connectivity index (χ0n) is 12.2. The van der Waals surface area contributed by atoms with Gasteiger partial charge in [0.1, 0.15) is 12.2 Å². The third-order valence-corrected chi connectivity index (χ3v) is 5.18. The van der Waals surface area contributed by atoms with Crippen LogP contribution in [0.1, 0.15) is 64.2 Å². The highest BCUT2D eigenvalue weighted by Gasteiger charge is 2.37. The van der Waals surface area contributed by atoms with E-state index in [0.717, 1.165) is 6.54 Å². The zero-order valence-corrected chi connectivity index (χ0v) is 12.2. The predicted octanol–water partition coefficient (Wildman–Crippen LogP) is 2.67. The highest BCUT2D eigenvalue weighted by atomic mass is 15.3. The highest BCUT2D eigenvalue weighted by Crippen LogP contribution is 2.38. The Morgan fingerprint density at radius 3 is 2.68 bits per heavy atom. The largest absolute Gasteiger partial charge is 0.316 e. The van der Waals surface area contributed by atoms with Gasteiger partial charge in [-0.1, -0.05) is 26.7 Å². The molecule has 0 aromatic carbocycles. The van der Waals surface area contributed by atoms with Gasteiger partial charge < -0.3 is 9.88 Å². The van der Waals surface area contributed by atoms with Crippen molar-refractivity contribution in [3.05, 3.63) is 12.2 Å². The van der Waals surface area contributed by atoms with E-state index in [2.05, 4.69) is 33.9 Å². The van der Waals surface area contributed by atoms with Crippen LogP contribution in [0.4, 0.5) is 0 Å². The SMILES string of the molecule is CC(C)(c1nncn1C1CCCC1)C1CCCNC1. The minimum Gasteiger partial charge on any atom is -0.316 e. The summed E-state index contributed by atoms with van der Waals surface area (Å²) in [6.45, 7) is 6.98. The highest BCUT2D eigenvalue weighted by molar-refractivity contribution is 5.09. The Balaban J connectivity index is 1.85. The number of hydrogen-bond donors (Lipinski definition) is 1. The van der Waals surface area contributed by atoms with Crippen molar-refractivity contribution in [2.75, 3.05) is 13.1 Å². The molecule has 1 saturated heterocycles. The Morgan fingerprint density at radius 1 is 1.21 bits per heavy atom. The van der Waals surface area contributed by atoms with Crippen molar-refractivity contribution in [3.63, 3.8) is 0 Å². The van der Waals surface area contributed by atoms with Gasteiger partial charge in [0, 0.05) is 11.5 Å².